The molecule has 0 unspecified atom stereocenters. The van der Waals surface area contributed by atoms with E-state index in [2.05, 4.69) is 15.0 Å². The highest BCUT2D eigenvalue weighted by atomic mass is 35.5. The second kappa shape index (κ2) is 6.78. The first-order chi connectivity index (χ1) is 11.8. The number of hydrogen-bond acceptors (Lipinski definition) is 4. The lowest BCUT2D eigenvalue weighted by Crippen LogP contribution is -2.29. The summed E-state index contributed by atoms with van der Waals surface area (Å²) in [6.45, 7) is 4.74. The normalized spacial score (nSPS) is 15.2. The maximum Gasteiger partial charge on any atom is 0.419 e. The van der Waals surface area contributed by atoms with Crippen molar-refractivity contribution >= 4 is 17.4 Å². The summed E-state index contributed by atoms with van der Waals surface area (Å²) in [6.07, 6.45) is -2.07. The average Bonchev–Trinajstić information content (AvgIpc) is 2.77. The highest BCUT2D eigenvalue weighted by Crippen LogP contribution is 2.36. The van der Waals surface area contributed by atoms with E-state index in [1.54, 1.807) is 4.90 Å². The lowest BCUT2D eigenvalue weighted by Gasteiger charge is -2.24. The third-order valence-electron chi connectivity index (χ3n) is 4.22. The highest BCUT2D eigenvalue weighted by Gasteiger charge is 2.36. The molecule has 0 saturated heterocycles. The minimum atomic E-state index is -4.44. The standard InChI is InChI=1S/C17H18ClF3N4/c1-10(2)15-23-13-6-9-25(8-5-11(13)14(18)24-15)16-12(17(19,20)21)4-3-7-22-16/h3-4,7,10H,5-6,8-9H2,1-2H3. The summed E-state index contributed by atoms with van der Waals surface area (Å²) < 4.78 is 39.8. The van der Waals surface area contributed by atoms with E-state index in [1.165, 1.54) is 12.3 Å². The third-order valence-corrected chi connectivity index (χ3v) is 4.53. The molecule has 0 atom stereocenters. The van der Waals surface area contributed by atoms with Gasteiger partial charge in [-0.15, -0.1) is 0 Å². The monoisotopic (exact) mass is 370 g/mol. The summed E-state index contributed by atoms with van der Waals surface area (Å²) in [5, 5.41) is 0.396. The van der Waals surface area contributed by atoms with E-state index in [-0.39, 0.29) is 11.7 Å². The number of nitrogens with zero attached hydrogens (tertiary/aromatic N) is 4. The predicted octanol–water partition coefficient (Wildman–Crippen LogP) is 4.27. The first-order valence-electron chi connectivity index (χ1n) is 8.09. The van der Waals surface area contributed by atoms with E-state index >= 15 is 0 Å². The van der Waals surface area contributed by atoms with Crippen molar-refractivity contribution in [3.63, 3.8) is 0 Å². The Balaban J connectivity index is 1.92. The van der Waals surface area contributed by atoms with Crippen molar-refractivity contribution in [2.45, 2.75) is 38.8 Å². The van der Waals surface area contributed by atoms with Crippen molar-refractivity contribution in [1.82, 2.24) is 15.0 Å². The maximum atomic E-state index is 13.3. The zero-order valence-corrected chi connectivity index (χ0v) is 14.7. The minimum absolute atomic E-state index is 0.0454. The molecule has 0 bridgehead atoms. The van der Waals surface area contributed by atoms with Crippen LogP contribution in [0.3, 0.4) is 0 Å². The summed E-state index contributed by atoms with van der Waals surface area (Å²) in [5.74, 6) is 0.747. The van der Waals surface area contributed by atoms with E-state index < -0.39 is 11.7 Å². The van der Waals surface area contributed by atoms with Crippen LogP contribution in [-0.4, -0.2) is 28.0 Å². The molecule has 8 heteroatoms. The van der Waals surface area contributed by atoms with Gasteiger partial charge >= 0.3 is 6.18 Å². The number of rotatable bonds is 2. The molecule has 0 aliphatic carbocycles. The maximum absolute atomic E-state index is 13.3. The Morgan fingerprint density at radius 2 is 1.88 bits per heavy atom. The van der Waals surface area contributed by atoms with Crippen molar-refractivity contribution < 1.29 is 13.2 Å². The molecule has 0 spiro atoms. The average molecular weight is 371 g/mol. The summed E-state index contributed by atoms with van der Waals surface area (Å²) in [6, 6.07) is 2.36. The first kappa shape index (κ1) is 17.9. The fourth-order valence-electron chi connectivity index (χ4n) is 2.91. The molecule has 3 heterocycles. The molecule has 2 aromatic heterocycles. The van der Waals surface area contributed by atoms with Gasteiger partial charge in [-0.3, -0.25) is 0 Å². The van der Waals surface area contributed by atoms with Crippen LogP contribution in [0, 0.1) is 0 Å². The summed E-state index contributed by atoms with van der Waals surface area (Å²) >= 11 is 6.30. The Bertz CT molecular complexity index is 777. The van der Waals surface area contributed by atoms with Gasteiger partial charge in [-0.1, -0.05) is 25.4 Å². The van der Waals surface area contributed by atoms with Crippen molar-refractivity contribution in [3.05, 3.63) is 46.1 Å². The molecule has 0 fully saturated rings. The first-order valence-corrected chi connectivity index (χ1v) is 8.47. The predicted molar refractivity (Wildman–Crippen MR) is 90.0 cm³/mol. The van der Waals surface area contributed by atoms with Crippen LogP contribution in [0.15, 0.2) is 18.3 Å². The fourth-order valence-corrected chi connectivity index (χ4v) is 3.20. The molecule has 2 aromatic rings. The molecule has 1 aliphatic rings. The van der Waals surface area contributed by atoms with Gasteiger partial charge in [0.25, 0.3) is 0 Å². The van der Waals surface area contributed by atoms with Crippen LogP contribution in [0.1, 0.15) is 42.4 Å². The molecule has 0 saturated carbocycles. The van der Waals surface area contributed by atoms with Crippen LogP contribution in [0.25, 0.3) is 0 Å². The molecule has 4 nitrogen and oxygen atoms in total. The molecule has 0 N–H and O–H groups in total. The van der Waals surface area contributed by atoms with Gasteiger partial charge in [0.15, 0.2) is 0 Å². The zero-order chi connectivity index (χ0) is 18.2. The van der Waals surface area contributed by atoms with Crippen LogP contribution in [-0.2, 0) is 19.0 Å². The SMILES string of the molecule is CC(C)c1nc(Cl)c2c(n1)CCN(c1ncccc1C(F)(F)F)CC2. The molecule has 0 aromatic carbocycles. The van der Waals surface area contributed by atoms with Gasteiger partial charge < -0.3 is 4.90 Å². The summed E-state index contributed by atoms with van der Waals surface area (Å²) in [5.41, 5.74) is 0.912. The van der Waals surface area contributed by atoms with E-state index in [0.717, 1.165) is 17.3 Å². The van der Waals surface area contributed by atoms with E-state index in [9.17, 15) is 13.2 Å². The van der Waals surface area contributed by atoms with E-state index in [1.807, 2.05) is 13.8 Å². The van der Waals surface area contributed by atoms with Gasteiger partial charge in [-0.2, -0.15) is 13.2 Å². The number of hydrogen-bond donors (Lipinski definition) is 0. The van der Waals surface area contributed by atoms with Crippen molar-refractivity contribution in [3.8, 4) is 0 Å². The smallest absolute Gasteiger partial charge is 0.355 e. The van der Waals surface area contributed by atoms with Gasteiger partial charge in [0.2, 0.25) is 0 Å². The highest BCUT2D eigenvalue weighted by molar-refractivity contribution is 6.30. The second-order valence-corrected chi connectivity index (χ2v) is 6.67. The number of anilines is 1. The number of halogens is 4. The zero-order valence-electron chi connectivity index (χ0n) is 13.9. The van der Waals surface area contributed by atoms with Crippen LogP contribution in [0.4, 0.5) is 19.0 Å². The van der Waals surface area contributed by atoms with Crippen LogP contribution < -0.4 is 4.90 Å². The van der Waals surface area contributed by atoms with Gasteiger partial charge in [0, 0.05) is 37.2 Å². The molecule has 0 amide bonds. The number of alkyl halides is 3. The lowest BCUT2D eigenvalue weighted by atomic mass is 10.1. The largest absolute Gasteiger partial charge is 0.419 e. The van der Waals surface area contributed by atoms with Gasteiger partial charge in [-0.25, -0.2) is 15.0 Å². The Labute approximate surface area is 149 Å². The number of pyridine rings is 1. The Morgan fingerprint density at radius 3 is 2.56 bits per heavy atom. The van der Waals surface area contributed by atoms with Crippen LogP contribution in [0.5, 0.6) is 0 Å². The topological polar surface area (TPSA) is 41.9 Å². The molecule has 1 aliphatic heterocycles. The summed E-state index contributed by atoms with van der Waals surface area (Å²) in [4.78, 5) is 14.5. The van der Waals surface area contributed by atoms with Crippen LogP contribution in [0.2, 0.25) is 5.15 Å². The van der Waals surface area contributed by atoms with E-state index in [0.29, 0.717) is 36.9 Å². The summed E-state index contributed by atoms with van der Waals surface area (Å²) in [7, 11) is 0. The second-order valence-electron chi connectivity index (χ2n) is 6.31. The van der Waals surface area contributed by atoms with Gasteiger partial charge in [-0.05, 0) is 18.6 Å². The molecule has 3 rings (SSSR count). The Hall–Kier alpha value is -1.89. The fraction of sp³-hybridized carbons (Fsp3) is 0.471. The van der Waals surface area contributed by atoms with Gasteiger partial charge in [0.1, 0.15) is 16.8 Å². The quantitative estimate of drug-likeness (QED) is 0.740. The lowest BCUT2D eigenvalue weighted by molar-refractivity contribution is -0.137. The molecule has 0 radical (unpaired) electrons. The molecular formula is C17H18ClF3N4. The van der Waals surface area contributed by atoms with Crippen molar-refractivity contribution in [2.75, 3.05) is 18.0 Å². The third kappa shape index (κ3) is 3.71. The van der Waals surface area contributed by atoms with Crippen molar-refractivity contribution in [2.24, 2.45) is 0 Å². The molecular weight excluding hydrogens is 353 g/mol. The van der Waals surface area contributed by atoms with Crippen LogP contribution >= 0.6 is 11.6 Å². The molecule has 25 heavy (non-hydrogen) atoms. The number of aromatic nitrogens is 3. The number of fused-ring (bicyclic) bond motifs is 1. The minimum Gasteiger partial charge on any atom is -0.355 e. The molecule has 134 valence electrons. The van der Waals surface area contributed by atoms with Gasteiger partial charge in [0.05, 0.1) is 11.3 Å². The van der Waals surface area contributed by atoms with Crippen molar-refractivity contribution in [1.29, 1.82) is 0 Å². The Morgan fingerprint density at radius 1 is 1.16 bits per heavy atom. The van der Waals surface area contributed by atoms with E-state index in [4.69, 9.17) is 11.6 Å². The Kier molecular flexibility index (Phi) is 4.86.